The van der Waals surface area contributed by atoms with Gasteiger partial charge < -0.3 is 5.32 Å². The van der Waals surface area contributed by atoms with Crippen LogP contribution in [0.4, 0.5) is 5.69 Å². The summed E-state index contributed by atoms with van der Waals surface area (Å²) in [6.07, 6.45) is 3.43. The number of tetrazole rings is 1. The standard InChI is InChI=1S/C21H25N5OS/c1-4-5-9-17-10-12-18(13-11-17)22-19(27)14-28-21-23-24-25-26(21)20-15(2)7-6-8-16(20)3/h6-8,10-13H,4-5,9,14H2,1-3H3,(H,22,27). The Morgan fingerprint density at radius 1 is 1.11 bits per heavy atom. The molecule has 0 saturated heterocycles. The first-order chi connectivity index (χ1) is 13.6. The van der Waals surface area contributed by atoms with Gasteiger partial charge in [-0.2, -0.15) is 4.68 Å². The summed E-state index contributed by atoms with van der Waals surface area (Å²) in [6, 6.07) is 14.1. The smallest absolute Gasteiger partial charge is 0.234 e. The molecule has 3 rings (SSSR count). The molecule has 0 atom stereocenters. The van der Waals surface area contributed by atoms with Gasteiger partial charge in [0.25, 0.3) is 0 Å². The lowest BCUT2D eigenvalue weighted by atomic mass is 10.1. The number of aryl methyl sites for hydroxylation is 3. The van der Waals surface area contributed by atoms with Crippen molar-refractivity contribution in [3.63, 3.8) is 0 Å². The average Bonchev–Trinajstić information content (AvgIpc) is 3.14. The molecule has 0 saturated carbocycles. The number of anilines is 1. The zero-order chi connectivity index (χ0) is 19.9. The Morgan fingerprint density at radius 2 is 1.82 bits per heavy atom. The molecule has 1 amide bonds. The summed E-state index contributed by atoms with van der Waals surface area (Å²) in [7, 11) is 0. The predicted molar refractivity (Wildman–Crippen MR) is 113 cm³/mol. The molecule has 2 aromatic carbocycles. The van der Waals surface area contributed by atoms with E-state index >= 15 is 0 Å². The second-order valence-corrected chi connectivity index (χ2v) is 7.69. The number of carbonyl (C=O) groups is 1. The van der Waals surface area contributed by atoms with E-state index < -0.39 is 0 Å². The van der Waals surface area contributed by atoms with Crippen LogP contribution in [0.2, 0.25) is 0 Å². The van der Waals surface area contributed by atoms with Gasteiger partial charge in [0.2, 0.25) is 11.1 Å². The monoisotopic (exact) mass is 395 g/mol. The molecular weight excluding hydrogens is 370 g/mol. The minimum atomic E-state index is -0.0811. The number of benzene rings is 2. The minimum Gasteiger partial charge on any atom is -0.325 e. The van der Waals surface area contributed by atoms with E-state index in [2.05, 4.69) is 39.9 Å². The summed E-state index contributed by atoms with van der Waals surface area (Å²) >= 11 is 1.32. The van der Waals surface area contributed by atoms with Gasteiger partial charge in [-0.3, -0.25) is 4.79 Å². The van der Waals surface area contributed by atoms with Gasteiger partial charge in [0, 0.05) is 5.69 Å². The van der Waals surface area contributed by atoms with Crippen molar-refractivity contribution in [3.05, 3.63) is 59.2 Å². The van der Waals surface area contributed by atoms with Gasteiger partial charge >= 0.3 is 0 Å². The molecule has 0 unspecified atom stereocenters. The third kappa shape index (κ3) is 4.98. The van der Waals surface area contributed by atoms with Crippen molar-refractivity contribution < 1.29 is 4.79 Å². The summed E-state index contributed by atoms with van der Waals surface area (Å²) in [5, 5.41) is 15.5. The third-order valence-electron chi connectivity index (χ3n) is 4.48. The number of thioether (sulfide) groups is 1. The first-order valence-electron chi connectivity index (χ1n) is 9.45. The molecule has 0 bridgehead atoms. The van der Waals surface area contributed by atoms with Gasteiger partial charge in [0.05, 0.1) is 11.4 Å². The summed E-state index contributed by atoms with van der Waals surface area (Å²) in [6.45, 7) is 6.23. The molecule has 28 heavy (non-hydrogen) atoms. The van der Waals surface area contributed by atoms with E-state index in [1.165, 1.54) is 30.2 Å². The van der Waals surface area contributed by atoms with Gasteiger partial charge in [-0.05, 0) is 65.9 Å². The molecule has 7 heteroatoms. The van der Waals surface area contributed by atoms with E-state index in [1.807, 2.05) is 44.2 Å². The lowest BCUT2D eigenvalue weighted by molar-refractivity contribution is -0.113. The zero-order valence-electron chi connectivity index (χ0n) is 16.5. The highest BCUT2D eigenvalue weighted by molar-refractivity contribution is 7.99. The summed E-state index contributed by atoms with van der Waals surface area (Å²) < 4.78 is 1.70. The zero-order valence-corrected chi connectivity index (χ0v) is 17.3. The lowest BCUT2D eigenvalue weighted by Crippen LogP contribution is -2.14. The number of nitrogens with one attached hydrogen (secondary N) is 1. The highest BCUT2D eigenvalue weighted by Gasteiger charge is 2.14. The SMILES string of the molecule is CCCCc1ccc(NC(=O)CSc2nnnn2-c2c(C)cccc2C)cc1. The molecule has 0 radical (unpaired) electrons. The molecule has 146 valence electrons. The van der Waals surface area contributed by atoms with Crippen molar-refractivity contribution >= 4 is 23.4 Å². The Labute approximate surface area is 169 Å². The Hall–Kier alpha value is -2.67. The highest BCUT2D eigenvalue weighted by atomic mass is 32.2. The topological polar surface area (TPSA) is 72.7 Å². The third-order valence-corrected chi connectivity index (χ3v) is 5.40. The first kappa shape index (κ1) is 20.1. The Morgan fingerprint density at radius 3 is 2.50 bits per heavy atom. The van der Waals surface area contributed by atoms with E-state index in [4.69, 9.17) is 0 Å². The van der Waals surface area contributed by atoms with Gasteiger partial charge in [0.15, 0.2) is 0 Å². The van der Waals surface area contributed by atoms with Crippen LogP contribution in [0.15, 0.2) is 47.6 Å². The lowest BCUT2D eigenvalue weighted by Gasteiger charge is -2.10. The van der Waals surface area contributed by atoms with Gasteiger partial charge in [-0.15, -0.1) is 5.10 Å². The Bertz CT molecular complexity index is 916. The number of nitrogens with zero attached hydrogens (tertiary/aromatic N) is 4. The van der Waals surface area contributed by atoms with Crippen LogP contribution in [0.5, 0.6) is 0 Å². The number of rotatable bonds is 8. The number of hydrogen-bond donors (Lipinski definition) is 1. The molecule has 1 N–H and O–H groups in total. The molecule has 0 fully saturated rings. The normalized spacial score (nSPS) is 10.8. The van der Waals surface area contributed by atoms with E-state index in [-0.39, 0.29) is 11.7 Å². The average molecular weight is 396 g/mol. The van der Waals surface area contributed by atoms with Crippen LogP contribution in [0.25, 0.3) is 5.69 Å². The van der Waals surface area contributed by atoms with Crippen molar-refractivity contribution in [3.8, 4) is 5.69 Å². The summed E-state index contributed by atoms with van der Waals surface area (Å²) in [4.78, 5) is 12.3. The molecule has 0 aliphatic heterocycles. The van der Waals surface area contributed by atoms with Crippen molar-refractivity contribution in [2.24, 2.45) is 0 Å². The second kappa shape index (κ2) is 9.50. The van der Waals surface area contributed by atoms with Gasteiger partial charge in [0.1, 0.15) is 0 Å². The minimum absolute atomic E-state index is 0.0811. The number of amides is 1. The van der Waals surface area contributed by atoms with Crippen LogP contribution in [0, 0.1) is 13.8 Å². The van der Waals surface area contributed by atoms with Gasteiger partial charge in [-0.25, -0.2) is 0 Å². The highest BCUT2D eigenvalue weighted by Crippen LogP contribution is 2.23. The van der Waals surface area contributed by atoms with Crippen LogP contribution in [-0.2, 0) is 11.2 Å². The molecule has 0 aliphatic rings. The molecule has 0 aliphatic carbocycles. The van der Waals surface area contributed by atoms with E-state index in [0.717, 1.165) is 28.9 Å². The number of para-hydroxylation sites is 1. The number of aromatic nitrogens is 4. The fourth-order valence-electron chi connectivity index (χ4n) is 3.01. The quantitative estimate of drug-likeness (QED) is 0.574. The Balaban J connectivity index is 1.61. The predicted octanol–water partition coefficient (Wildman–Crippen LogP) is 4.35. The molecule has 1 aromatic heterocycles. The molecule has 3 aromatic rings. The maximum Gasteiger partial charge on any atom is 0.234 e. The molecule has 6 nitrogen and oxygen atoms in total. The number of unbranched alkanes of at least 4 members (excludes halogenated alkanes) is 1. The first-order valence-corrected chi connectivity index (χ1v) is 10.4. The van der Waals surface area contributed by atoms with Crippen molar-refractivity contribution in [1.29, 1.82) is 0 Å². The van der Waals surface area contributed by atoms with Crippen molar-refractivity contribution in [2.45, 2.75) is 45.2 Å². The Kier molecular flexibility index (Phi) is 6.81. The van der Waals surface area contributed by atoms with Gasteiger partial charge in [-0.1, -0.05) is 55.4 Å². The van der Waals surface area contributed by atoms with Crippen LogP contribution in [0.3, 0.4) is 0 Å². The maximum atomic E-state index is 12.3. The number of hydrogen-bond acceptors (Lipinski definition) is 5. The van der Waals surface area contributed by atoms with Crippen LogP contribution < -0.4 is 5.32 Å². The van der Waals surface area contributed by atoms with E-state index in [0.29, 0.717) is 5.16 Å². The molecular formula is C21H25N5OS. The fourth-order valence-corrected chi connectivity index (χ4v) is 3.69. The van der Waals surface area contributed by atoms with Crippen molar-refractivity contribution in [2.75, 3.05) is 11.1 Å². The molecule has 0 spiro atoms. The van der Waals surface area contributed by atoms with Crippen LogP contribution in [0.1, 0.15) is 36.5 Å². The summed E-state index contributed by atoms with van der Waals surface area (Å²) in [5.41, 5.74) is 5.23. The fraction of sp³-hybridized carbons (Fsp3) is 0.333. The second-order valence-electron chi connectivity index (χ2n) is 6.75. The maximum absolute atomic E-state index is 12.3. The summed E-state index contributed by atoms with van der Waals surface area (Å²) in [5.74, 6) is 0.158. The van der Waals surface area contributed by atoms with Crippen LogP contribution >= 0.6 is 11.8 Å². The number of carbonyl (C=O) groups excluding carboxylic acids is 1. The van der Waals surface area contributed by atoms with Crippen molar-refractivity contribution in [1.82, 2.24) is 20.2 Å². The molecule has 1 heterocycles. The van der Waals surface area contributed by atoms with E-state index in [9.17, 15) is 4.79 Å². The van der Waals surface area contributed by atoms with E-state index in [1.54, 1.807) is 4.68 Å². The largest absolute Gasteiger partial charge is 0.325 e. The van der Waals surface area contributed by atoms with Crippen LogP contribution in [-0.4, -0.2) is 31.9 Å².